The average molecular weight is 216 g/mol. The van der Waals surface area contributed by atoms with Gasteiger partial charge in [-0.05, 0) is 44.7 Å². The number of hydrogen-bond donors (Lipinski definition) is 0. The summed E-state index contributed by atoms with van der Waals surface area (Å²) in [5.74, 6) is 0. The van der Waals surface area contributed by atoms with Crippen LogP contribution in [0.1, 0.15) is 44.2 Å². The molecule has 1 aromatic rings. The SMILES string of the molecule is CC(C)=C(CCCC=O)c1ccc(C)cc1. The minimum Gasteiger partial charge on any atom is -0.303 e. The zero-order valence-corrected chi connectivity index (χ0v) is 10.4. The molecule has 86 valence electrons. The Hall–Kier alpha value is -1.37. The van der Waals surface area contributed by atoms with E-state index in [1.807, 2.05) is 0 Å². The van der Waals surface area contributed by atoms with Crippen molar-refractivity contribution >= 4 is 11.9 Å². The molecule has 0 N–H and O–H groups in total. The summed E-state index contributed by atoms with van der Waals surface area (Å²) in [5, 5.41) is 0. The van der Waals surface area contributed by atoms with Crippen LogP contribution in [0, 0.1) is 6.92 Å². The molecule has 1 rings (SSSR count). The molecule has 0 aliphatic rings. The zero-order valence-electron chi connectivity index (χ0n) is 10.4. The van der Waals surface area contributed by atoms with E-state index in [-0.39, 0.29) is 0 Å². The smallest absolute Gasteiger partial charge is 0.120 e. The molecule has 0 heterocycles. The number of rotatable bonds is 5. The largest absolute Gasteiger partial charge is 0.303 e. The fraction of sp³-hybridized carbons (Fsp3) is 0.400. The van der Waals surface area contributed by atoms with Crippen molar-refractivity contribution in [1.82, 2.24) is 0 Å². The standard InChI is InChI=1S/C15H20O/c1-12(2)15(6-4-5-11-16)14-9-7-13(3)8-10-14/h7-11H,4-6H2,1-3H3. The van der Waals surface area contributed by atoms with Crippen molar-refractivity contribution in [2.24, 2.45) is 0 Å². The highest BCUT2D eigenvalue weighted by Gasteiger charge is 2.03. The van der Waals surface area contributed by atoms with E-state index in [0.29, 0.717) is 6.42 Å². The molecular formula is C15H20O. The molecule has 0 aliphatic carbocycles. The van der Waals surface area contributed by atoms with Crippen LogP contribution in [0.15, 0.2) is 29.8 Å². The van der Waals surface area contributed by atoms with Gasteiger partial charge in [-0.3, -0.25) is 0 Å². The monoisotopic (exact) mass is 216 g/mol. The zero-order chi connectivity index (χ0) is 12.0. The molecule has 0 spiro atoms. The van der Waals surface area contributed by atoms with Crippen LogP contribution in [-0.4, -0.2) is 6.29 Å². The Labute approximate surface area is 98.2 Å². The molecule has 0 aromatic heterocycles. The van der Waals surface area contributed by atoms with Gasteiger partial charge in [0.25, 0.3) is 0 Å². The maximum Gasteiger partial charge on any atom is 0.120 e. The molecule has 0 amide bonds. The lowest BCUT2D eigenvalue weighted by Gasteiger charge is -2.10. The molecule has 0 unspecified atom stereocenters. The van der Waals surface area contributed by atoms with Crippen LogP contribution in [-0.2, 0) is 4.79 Å². The first-order chi connectivity index (χ1) is 7.65. The van der Waals surface area contributed by atoms with Gasteiger partial charge in [0, 0.05) is 6.42 Å². The summed E-state index contributed by atoms with van der Waals surface area (Å²) in [6, 6.07) is 8.60. The van der Waals surface area contributed by atoms with Crippen LogP contribution in [0.4, 0.5) is 0 Å². The van der Waals surface area contributed by atoms with Crippen LogP contribution >= 0.6 is 0 Å². The second kappa shape index (κ2) is 6.26. The lowest BCUT2D eigenvalue weighted by molar-refractivity contribution is -0.107. The average Bonchev–Trinajstić information content (AvgIpc) is 2.26. The van der Waals surface area contributed by atoms with E-state index in [9.17, 15) is 4.79 Å². The second-order valence-corrected chi connectivity index (χ2v) is 4.40. The lowest BCUT2D eigenvalue weighted by Crippen LogP contribution is -1.89. The Bertz CT molecular complexity index is 367. The van der Waals surface area contributed by atoms with Gasteiger partial charge in [0.2, 0.25) is 0 Å². The summed E-state index contributed by atoms with van der Waals surface area (Å²) in [6.45, 7) is 6.37. The van der Waals surface area contributed by atoms with Gasteiger partial charge < -0.3 is 4.79 Å². The van der Waals surface area contributed by atoms with Crippen molar-refractivity contribution in [3.63, 3.8) is 0 Å². The van der Waals surface area contributed by atoms with Crippen LogP contribution in [0.5, 0.6) is 0 Å². The summed E-state index contributed by atoms with van der Waals surface area (Å²) in [6.07, 6.45) is 3.59. The van der Waals surface area contributed by atoms with Crippen molar-refractivity contribution in [2.45, 2.75) is 40.0 Å². The van der Waals surface area contributed by atoms with E-state index >= 15 is 0 Å². The Morgan fingerprint density at radius 3 is 2.31 bits per heavy atom. The van der Waals surface area contributed by atoms with E-state index < -0.39 is 0 Å². The number of carbonyl (C=O) groups excluding carboxylic acids is 1. The second-order valence-electron chi connectivity index (χ2n) is 4.40. The van der Waals surface area contributed by atoms with Crippen molar-refractivity contribution in [3.8, 4) is 0 Å². The van der Waals surface area contributed by atoms with Crippen molar-refractivity contribution < 1.29 is 4.79 Å². The number of allylic oxidation sites excluding steroid dienone is 2. The number of aryl methyl sites for hydroxylation is 1. The van der Waals surface area contributed by atoms with Gasteiger partial charge in [0.1, 0.15) is 6.29 Å². The normalized spacial score (nSPS) is 9.94. The minimum absolute atomic E-state index is 0.655. The van der Waals surface area contributed by atoms with E-state index in [1.54, 1.807) is 0 Å². The van der Waals surface area contributed by atoms with Crippen LogP contribution in [0.3, 0.4) is 0 Å². The number of unbranched alkanes of at least 4 members (excludes halogenated alkanes) is 1. The predicted octanol–water partition coefficient (Wildman–Crippen LogP) is 4.16. The third kappa shape index (κ3) is 3.65. The summed E-state index contributed by atoms with van der Waals surface area (Å²) >= 11 is 0. The van der Waals surface area contributed by atoms with Gasteiger partial charge in [0.15, 0.2) is 0 Å². The van der Waals surface area contributed by atoms with Gasteiger partial charge >= 0.3 is 0 Å². The Balaban J connectivity index is 2.83. The highest BCUT2D eigenvalue weighted by atomic mass is 16.1. The first-order valence-electron chi connectivity index (χ1n) is 5.82. The topological polar surface area (TPSA) is 17.1 Å². The molecule has 0 aliphatic heterocycles. The Morgan fingerprint density at radius 2 is 1.81 bits per heavy atom. The molecule has 1 heteroatoms. The number of hydrogen-bond acceptors (Lipinski definition) is 1. The van der Waals surface area contributed by atoms with Crippen LogP contribution in [0.2, 0.25) is 0 Å². The number of benzene rings is 1. The van der Waals surface area contributed by atoms with Gasteiger partial charge in [0.05, 0.1) is 0 Å². The summed E-state index contributed by atoms with van der Waals surface area (Å²) < 4.78 is 0. The predicted molar refractivity (Wildman–Crippen MR) is 69.4 cm³/mol. The molecular weight excluding hydrogens is 196 g/mol. The first kappa shape index (κ1) is 12.7. The van der Waals surface area contributed by atoms with Gasteiger partial charge in [-0.25, -0.2) is 0 Å². The molecule has 1 aromatic carbocycles. The molecule has 1 nitrogen and oxygen atoms in total. The van der Waals surface area contributed by atoms with E-state index in [2.05, 4.69) is 45.0 Å². The number of carbonyl (C=O) groups is 1. The van der Waals surface area contributed by atoms with Gasteiger partial charge in [-0.15, -0.1) is 0 Å². The third-order valence-corrected chi connectivity index (χ3v) is 2.75. The molecule has 16 heavy (non-hydrogen) atoms. The third-order valence-electron chi connectivity index (χ3n) is 2.75. The fourth-order valence-corrected chi connectivity index (χ4v) is 1.80. The van der Waals surface area contributed by atoms with Crippen molar-refractivity contribution in [3.05, 3.63) is 41.0 Å². The molecule has 0 saturated carbocycles. The number of aldehydes is 1. The minimum atomic E-state index is 0.655. The molecule has 0 saturated heterocycles. The summed E-state index contributed by atoms with van der Waals surface area (Å²) in [5.41, 5.74) is 5.29. The van der Waals surface area contributed by atoms with Crippen molar-refractivity contribution in [2.75, 3.05) is 0 Å². The maximum atomic E-state index is 10.3. The maximum absolute atomic E-state index is 10.3. The highest BCUT2D eigenvalue weighted by molar-refractivity contribution is 5.68. The van der Waals surface area contributed by atoms with E-state index in [1.165, 1.54) is 22.3 Å². The molecule has 0 atom stereocenters. The first-order valence-corrected chi connectivity index (χ1v) is 5.82. The van der Waals surface area contributed by atoms with E-state index in [4.69, 9.17) is 0 Å². The summed E-state index contributed by atoms with van der Waals surface area (Å²) in [4.78, 5) is 10.3. The molecule has 0 bridgehead atoms. The quantitative estimate of drug-likeness (QED) is 0.533. The summed E-state index contributed by atoms with van der Waals surface area (Å²) in [7, 11) is 0. The Kier molecular flexibility index (Phi) is 4.97. The van der Waals surface area contributed by atoms with Crippen LogP contribution in [0.25, 0.3) is 5.57 Å². The Morgan fingerprint density at radius 1 is 1.19 bits per heavy atom. The molecule has 0 radical (unpaired) electrons. The lowest BCUT2D eigenvalue weighted by atomic mass is 9.96. The van der Waals surface area contributed by atoms with Crippen molar-refractivity contribution in [1.29, 1.82) is 0 Å². The van der Waals surface area contributed by atoms with Crippen LogP contribution < -0.4 is 0 Å². The van der Waals surface area contributed by atoms with E-state index in [0.717, 1.165) is 19.1 Å². The van der Waals surface area contributed by atoms with Gasteiger partial charge in [-0.2, -0.15) is 0 Å². The fourth-order valence-electron chi connectivity index (χ4n) is 1.80. The molecule has 0 fully saturated rings. The van der Waals surface area contributed by atoms with Gasteiger partial charge in [-0.1, -0.05) is 35.4 Å². The highest BCUT2D eigenvalue weighted by Crippen LogP contribution is 2.24.